The van der Waals surface area contributed by atoms with Gasteiger partial charge >= 0.3 is 5.97 Å². The summed E-state index contributed by atoms with van der Waals surface area (Å²) in [6.45, 7) is 3.85. The summed E-state index contributed by atoms with van der Waals surface area (Å²) in [5.41, 5.74) is 1.76. The maximum absolute atomic E-state index is 13.0. The number of hydrogen-bond donors (Lipinski definition) is 4. The molecule has 7 heteroatoms. The third-order valence-electron chi connectivity index (χ3n) is 4.84. The van der Waals surface area contributed by atoms with E-state index in [4.69, 9.17) is 0 Å². The van der Waals surface area contributed by atoms with Gasteiger partial charge in [-0.3, -0.25) is 9.59 Å². The van der Waals surface area contributed by atoms with Crippen LogP contribution in [-0.2, 0) is 27.2 Å². The normalized spacial score (nSPS) is 12.8. The Hall–Kier alpha value is -2.80. The maximum Gasteiger partial charge on any atom is 0.326 e. The quantitative estimate of drug-likeness (QED) is 0.402. The van der Waals surface area contributed by atoms with Crippen LogP contribution in [0.5, 0.6) is 0 Å². The van der Waals surface area contributed by atoms with Gasteiger partial charge in [-0.05, 0) is 36.0 Å². The minimum absolute atomic E-state index is 0.145. The zero-order valence-electron chi connectivity index (χ0n) is 17.9. The second-order valence-corrected chi connectivity index (χ2v) is 8.46. The van der Waals surface area contributed by atoms with Crippen molar-refractivity contribution in [1.82, 2.24) is 10.6 Å². The van der Waals surface area contributed by atoms with Crippen LogP contribution in [0.3, 0.4) is 0 Å². The van der Waals surface area contributed by atoms with Gasteiger partial charge in [-0.1, -0.05) is 62.4 Å². The van der Waals surface area contributed by atoms with Gasteiger partial charge in [0.1, 0.15) is 12.1 Å². The molecule has 0 aromatic heterocycles. The van der Waals surface area contributed by atoms with E-state index in [0.717, 1.165) is 16.0 Å². The summed E-state index contributed by atoms with van der Waals surface area (Å²) in [6.07, 6.45) is 1.31. The zero-order chi connectivity index (χ0) is 22.8. The predicted octanol–water partition coefficient (Wildman–Crippen LogP) is 3.25. The van der Waals surface area contributed by atoms with Crippen molar-refractivity contribution < 1.29 is 19.5 Å². The van der Waals surface area contributed by atoms with Gasteiger partial charge in [-0.25, -0.2) is 4.79 Å². The number of nitrogens with one attached hydrogen (secondary N) is 2. The van der Waals surface area contributed by atoms with Crippen molar-refractivity contribution in [2.45, 2.75) is 56.5 Å². The molecule has 6 nitrogen and oxygen atoms in total. The summed E-state index contributed by atoms with van der Waals surface area (Å²) >= 11 is 4.44. The van der Waals surface area contributed by atoms with Gasteiger partial charge < -0.3 is 15.7 Å². The molecule has 0 bridgehead atoms. The molecule has 2 amide bonds. The van der Waals surface area contributed by atoms with Crippen LogP contribution >= 0.6 is 12.6 Å². The third-order valence-corrected chi connectivity index (χ3v) is 5.27. The highest BCUT2D eigenvalue weighted by Crippen LogP contribution is 2.16. The molecule has 0 aliphatic rings. The minimum atomic E-state index is -1.12. The van der Waals surface area contributed by atoms with Crippen molar-refractivity contribution in [1.29, 1.82) is 0 Å². The smallest absolute Gasteiger partial charge is 0.326 e. The number of thiol groups is 1. The summed E-state index contributed by atoms with van der Waals surface area (Å²) < 4.78 is 0. The largest absolute Gasteiger partial charge is 0.480 e. The van der Waals surface area contributed by atoms with Crippen LogP contribution in [-0.4, -0.2) is 35.0 Å². The molecule has 0 spiro atoms. The molecular formula is C24H30N2O4S. The third kappa shape index (κ3) is 8.45. The number of amides is 2. The van der Waals surface area contributed by atoms with E-state index >= 15 is 0 Å². The van der Waals surface area contributed by atoms with E-state index in [1.165, 1.54) is 0 Å². The first-order valence-electron chi connectivity index (χ1n) is 10.4. The van der Waals surface area contributed by atoms with Gasteiger partial charge in [0, 0.05) is 17.7 Å². The number of hydrogen-bond acceptors (Lipinski definition) is 4. The molecule has 0 saturated carbocycles. The Bertz CT molecular complexity index is 886. The Labute approximate surface area is 188 Å². The number of benzene rings is 2. The molecule has 3 N–H and O–H groups in total. The molecule has 0 unspecified atom stereocenters. The second kappa shape index (κ2) is 12.2. The van der Waals surface area contributed by atoms with E-state index in [9.17, 15) is 19.5 Å². The average molecular weight is 443 g/mol. The fourth-order valence-corrected chi connectivity index (χ4v) is 3.51. The number of carboxylic acid groups (broad SMARTS) is 1. The van der Waals surface area contributed by atoms with E-state index in [-0.39, 0.29) is 18.2 Å². The summed E-state index contributed by atoms with van der Waals surface area (Å²) in [7, 11) is 0. The molecule has 2 aromatic carbocycles. The van der Waals surface area contributed by atoms with Crippen LogP contribution in [0, 0.1) is 5.92 Å². The first-order valence-corrected chi connectivity index (χ1v) is 10.8. The number of rotatable bonds is 11. The van der Waals surface area contributed by atoms with Crippen molar-refractivity contribution in [3.63, 3.8) is 0 Å². The van der Waals surface area contributed by atoms with E-state index in [0.29, 0.717) is 19.3 Å². The van der Waals surface area contributed by atoms with Crippen LogP contribution in [0.15, 0.2) is 59.5 Å². The lowest BCUT2D eigenvalue weighted by atomic mass is 10.0. The van der Waals surface area contributed by atoms with E-state index in [1.54, 1.807) is 0 Å². The number of carbonyl (C=O) groups is 3. The van der Waals surface area contributed by atoms with Gasteiger partial charge in [-0.15, -0.1) is 12.6 Å². The molecular weight excluding hydrogens is 412 g/mol. The topological polar surface area (TPSA) is 95.5 Å². The molecule has 0 radical (unpaired) electrons. The highest BCUT2D eigenvalue weighted by atomic mass is 32.1. The lowest BCUT2D eigenvalue weighted by Gasteiger charge is -2.22. The van der Waals surface area contributed by atoms with Crippen LogP contribution < -0.4 is 10.6 Å². The Morgan fingerprint density at radius 3 is 2.19 bits per heavy atom. The summed E-state index contributed by atoms with van der Waals surface area (Å²) in [5, 5.41) is 15.0. The standard InChI is InChI=1S/C24H30N2O4S/c1-16(2)14-22(27)25-19(13-12-18-10-6-7-11-21(18)31)23(28)26-20(24(29)30)15-17-8-4-3-5-9-17/h3-11,16,19-20,31H,12-15H2,1-2H3,(H,25,27)(H,26,28)(H,29,30)/t19-,20-/m0/s1. The Kier molecular flexibility index (Phi) is 9.59. The van der Waals surface area contributed by atoms with Gasteiger partial charge in [-0.2, -0.15) is 0 Å². The maximum atomic E-state index is 13.0. The van der Waals surface area contributed by atoms with Crippen molar-refractivity contribution >= 4 is 30.4 Å². The SMILES string of the molecule is CC(C)CC(=O)N[C@@H](CCc1ccccc1S)C(=O)N[C@@H](Cc1ccccc1)C(=O)O. The van der Waals surface area contributed by atoms with Crippen LogP contribution in [0.25, 0.3) is 0 Å². The molecule has 2 aromatic rings. The molecule has 31 heavy (non-hydrogen) atoms. The molecule has 166 valence electrons. The van der Waals surface area contributed by atoms with Crippen molar-refractivity contribution in [2.75, 3.05) is 0 Å². The van der Waals surface area contributed by atoms with Crippen LogP contribution in [0.4, 0.5) is 0 Å². The molecule has 2 rings (SSSR count). The second-order valence-electron chi connectivity index (χ2n) is 7.97. The lowest BCUT2D eigenvalue weighted by Crippen LogP contribution is -2.52. The van der Waals surface area contributed by atoms with Crippen LogP contribution in [0.1, 0.15) is 37.8 Å². The highest BCUT2D eigenvalue weighted by Gasteiger charge is 2.27. The first-order chi connectivity index (χ1) is 14.8. The van der Waals surface area contributed by atoms with Crippen molar-refractivity contribution in [2.24, 2.45) is 5.92 Å². The summed E-state index contributed by atoms with van der Waals surface area (Å²) in [5.74, 6) is -1.71. The summed E-state index contributed by atoms with van der Waals surface area (Å²) in [6, 6.07) is 14.7. The van der Waals surface area contributed by atoms with Gasteiger partial charge in [0.25, 0.3) is 0 Å². The van der Waals surface area contributed by atoms with Crippen LogP contribution in [0.2, 0.25) is 0 Å². The lowest BCUT2D eigenvalue weighted by molar-refractivity contribution is -0.142. The molecule has 0 fully saturated rings. The monoisotopic (exact) mass is 442 g/mol. The van der Waals surface area contributed by atoms with Gasteiger partial charge in [0.2, 0.25) is 11.8 Å². The summed E-state index contributed by atoms with van der Waals surface area (Å²) in [4.78, 5) is 37.9. The number of aliphatic carboxylic acids is 1. The number of carboxylic acids is 1. The highest BCUT2D eigenvalue weighted by molar-refractivity contribution is 7.80. The zero-order valence-corrected chi connectivity index (χ0v) is 18.8. The molecule has 0 aliphatic heterocycles. The fraction of sp³-hybridized carbons (Fsp3) is 0.375. The van der Waals surface area contributed by atoms with E-state index < -0.39 is 24.0 Å². The Balaban J connectivity index is 2.11. The average Bonchev–Trinajstić information content (AvgIpc) is 2.71. The van der Waals surface area contributed by atoms with Crippen molar-refractivity contribution in [3.8, 4) is 0 Å². The van der Waals surface area contributed by atoms with Crippen molar-refractivity contribution in [3.05, 3.63) is 65.7 Å². The molecule has 2 atom stereocenters. The predicted molar refractivity (Wildman–Crippen MR) is 123 cm³/mol. The first kappa shape index (κ1) is 24.5. The molecule has 0 aliphatic carbocycles. The minimum Gasteiger partial charge on any atom is -0.480 e. The number of aryl methyl sites for hydroxylation is 1. The van der Waals surface area contributed by atoms with E-state index in [1.807, 2.05) is 68.4 Å². The fourth-order valence-electron chi connectivity index (χ4n) is 3.24. The molecule has 0 saturated heterocycles. The Morgan fingerprint density at radius 2 is 1.58 bits per heavy atom. The van der Waals surface area contributed by atoms with Gasteiger partial charge in [0.15, 0.2) is 0 Å². The molecule has 0 heterocycles. The van der Waals surface area contributed by atoms with E-state index in [2.05, 4.69) is 23.3 Å². The number of carbonyl (C=O) groups excluding carboxylic acids is 2. The van der Waals surface area contributed by atoms with Gasteiger partial charge in [0.05, 0.1) is 0 Å². The Morgan fingerprint density at radius 1 is 0.935 bits per heavy atom.